The molecule has 0 aliphatic rings. The number of rotatable bonds is 5. The van der Waals surface area contributed by atoms with Crippen LogP contribution in [0.1, 0.15) is 32.8 Å². The fourth-order valence-electron chi connectivity index (χ4n) is 1.51. The number of likely N-dealkylation sites (N-methyl/N-ethyl adjacent to an activating group) is 1. The van der Waals surface area contributed by atoms with Crippen molar-refractivity contribution in [2.75, 3.05) is 13.6 Å². The van der Waals surface area contributed by atoms with Crippen molar-refractivity contribution in [2.24, 2.45) is 11.8 Å². The summed E-state index contributed by atoms with van der Waals surface area (Å²) >= 11 is 0. The monoisotopic (exact) mass is 361 g/mol. The van der Waals surface area contributed by atoms with Gasteiger partial charge in [-0.15, -0.1) is 0 Å². The van der Waals surface area contributed by atoms with Crippen molar-refractivity contribution in [3.63, 3.8) is 0 Å². The van der Waals surface area contributed by atoms with Gasteiger partial charge in [-0.1, -0.05) is 50.8 Å². The van der Waals surface area contributed by atoms with Gasteiger partial charge < -0.3 is 10.6 Å². The van der Waals surface area contributed by atoms with E-state index >= 15 is 0 Å². The fraction of sp³-hybridized carbons (Fsp3) is 0.421. The van der Waals surface area contributed by atoms with E-state index in [2.05, 4.69) is 43.2 Å². The number of hydroxylamine groups is 1. The van der Waals surface area contributed by atoms with E-state index in [1.54, 1.807) is 24.3 Å². The SMILES string of the molecule is CC(C)C.CNC(=O)CNC(=O)C(C#Cc1ccccc1)CC(=O)NO. The maximum Gasteiger partial charge on any atom is 0.245 e. The summed E-state index contributed by atoms with van der Waals surface area (Å²) in [5.41, 5.74) is 2.15. The van der Waals surface area contributed by atoms with E-state index in [0.717, 1.165) is 5.92 Å². The van der Waals surface area contributed by atoms with Gasteiger partial charge in [0, 0.05) is 12.6 Å². The molecule has 4 N–H and O–H groups in total. The Bertz CT molecular complexity index is 630. The lowest BCUT2D eigenvalue weighted by atomic mass is 10.0. The molecule has 142 valence electrons. The Hall–Kier alpha value is -2.85. The summed E-state index contributed by atoms with van der Waals surface area (Å²) < 4.78 is 0. The molecular weight excluding hydrogens is 334 g/mol. The average molecular weight is 361 g/mol. The van der Waals surface area contributed by atoms with Crippen LogP contribution in [0.5, 0.6) is 0 Å². The maximum absolute atomic E-state index is 12.0. The highest BCUT2D eigenvalue weighted by atomic mass is 16.5. The molecule has 1 aromatic carbocycles. The van der Waals surface area contributed by atoms with Crippen LogP contribution in [0.25, 0.3) is 0 Å². The normalized spacial score (nSPS) is 10.4. The second-order valence-corrected chi connectivity index (χ2v) is 6.05. The Kier molecular flexibility index (Phi) is 12.0. The van der Waals surface area contributed by atoms with Crippen LogP contribution in [0, 0.1) is 23.7 Å². The van der Waals surface area contributed by atoms with Crippen LogP contribution in [-0.4, -0.2) is 36.5 Å². The van der Waals surface area contributed by atoms with Crippen LogP contribution in [0.4, 0.5) is 0 Å². The first-order valence-corrected chi connectivity index (χ1v) is 8.27. The van der Waals surface area contributed by atoms with Gasteiger partial charge in [-0.25, -0.2) is 5.48 Å². The van der Waals surface area contributed by atoms with Crippen LogP contribution in [0.15, 0.2) is 30.3 Å². The molecule has 0 bridgehead atoms. The highest BCUT2D eigenvalue weighted by Crippen LogP contribution is 2.04. The molecule has 0 saturated heterocycles. The highest BCUT2D eigenvalue weighted by Gasteiger charge is 2.20. The predicted octanol–water partition coefficient (Wildman–Crippen LogP) is 1.07. The summed E-state index contributed by atoms with van der Waals surface area (Å²) in [5, 5.41) is 13.3. The van der Waals surface area contributed by atoms with Crippen LogP contribution in [0.3, 0.4) is 0 Å². The largest absolute Gasteiger partial charge is 0.358 e. The summed E-state index contributed by atoms with van der Waals surface area (Å²) in [6.07, 6.45) is -0.310. The van der Waals surface area contributed by atoms with Crippen molar-refractivity contribution in [2.45, 2.75) is 27.2 Å². The summed E-state index contributed by atoms with van der Waals surface area (Å²) in [7, 11) is 1.44. The van der Waals surface area contributed by atoms with E-state index in [-0.39, 0.29) is 18.9 Å². The summed E-state index contributed by atoms with van der Waals surface area (Å²) in [5.74, 6) is 3.66. The molecule has 1 atom stereocenters. The number of nitrogens with one attached hydrogen (secondary N) is 3. The molecule has 7 nitrogen and oxygen atoms in total. The van der Waals surface area contributed by atoms with Crippen molar-refractivity contribution in [1.82, 2.24) is 16.1 Å². The summed E-state index contributed by atoms with van der Waals surface area (Å²) in [4.78, 5) is 34.3. The Morgan fingerprint density at radius 3 is 2.15 bits per heavy atom. The Labute approximate surface area is 154 Å². The molecular formula is C19H27N3O4. The van der Waals surface area contributed by atoms with Gasteiger partial charge in [-0.05, 0) is 18.1 Å². The second kappa shape index (κ2) is 13.4. The van der Waals surface area contributed by atoms with Gasteiger partial charge in [0.1, 0.15) is 5.92 Å². The third-order valence-corrected chi connectivity index (χ3v) is 2.70. The van der Waals surface area contributed by atoms with E-state index < -0.39 is 17.7 Å². The minimum Gasteiger partial charge on any atom is -0.358 e. The van der Waals surface area contributed by atoms with Gasteiger partial charge in [-0.2, -0.15) is 0 Å². The standard InChI is InChI=1S/C15H17N3O4.C4H10/c1-16-14(20)10-17-15(21)12(9-13(19)18-22)8-7-11-5-3-2-4-6-11;1-4(2)3/h2-6,12,22H,9-10H2,1H3,(H,16,20)(H,17,21)(H,18,19);4H,1-3H3. The minimum absolute atomic E-state index is 0.209. The zero-order valence-corrected chi connectivity index (χ0v) is 15.6. The average Bonchev–Trinajstić information content (AvgIpc) is 2.62. The zero-order chi connectivity index (χ0) is 19.9. The first-order chi connectivity index (χ1) is 12.3. The molecule has 1 rings (SSSR count). The van der Waals surface area contributed by atoms with E-state index in [0.29, 0.717) is 5.56 Å². The second-order valence-electron chi connectivity index (χ2n) is 6.05. The number of benzene rings is 1. The third kappa shape index (κ3) is 11.6. The Morgan fingerprint density at radius 1 is 1.08 bits per heavy atom. The van der Waals surface area contributed by atoms with Crippen molar-refractivity contribution >= 4 is 17.7 Å². The molecule has 0 saturated carbocycles. The van der Waals surface area contributed by atoms with Crippen molar-refractivity contribution in [3.8, 4) is 11.8 Å². The van der Waals surface area contributed by atoms with Gasteiger partial charge in [0.25, 0.3) is 0 Å². The topological polar surface area (TPSA) is 108 Å². The molecule has 0 aromatic heterocycles. The Morgan fingerprint density at radius 2 is 1.65 bits per heavy atom. The zero-order valence-electron chi connectivity index (χ0n) is 15.6. The quantitative estimate of drug-likeness (QED) is 0.357. The van der Waals surface area contributed by atoms with E-state index in [1.165, 1.54) is 12.5 Å². The number of hydrogen-bond acceptors (Lipinski definition) is 4. The Balaban J connectivity index is 0.00000141. The van der Waals surface area contributed by atoms with Gasteiger partial charge in [-0.3, -0.25) is 19.6 Å². The minimum atomic E-state index is -0.975. The van der Waals surface area contributed by atoms with Gasteiger partial charge in [0.2, 0.25) is 17.7 Å². The number of carbonyl (C=O) groups is 3. The van der Waals surface area contributed by atoms with Crippen molar-refractivity contribution < 1.29 is 19.6 Å². The smallest absolute Gasteiger partial charge is 0.245 e. The maximum atomic E-state index is 12.0. The third-order valence-electron chi connectivity index (χ3n) is 2.70. The van der Waals surface area contributed by atoms with Crippen LogP contribution >= 0.6 is 0 Å². The molecule has 1 aromatic rings. The lowest BCUT2D eigenvalue weighted by molar-refractivity contribution is -0.133. The molecule has 0 heterocycles. The van der Waals surface area contributed by atoms with Crippen molar-refractivity contribution in [3.05, 3.63) is 35.9 Å². The van der Waals surface area contributed by atoms with Gasteiger partial charge >= 0.3 is 0 Å². The first kappa shape index (κ1) is 23.1. The highest BCUT2D eigenvalue weighted by molar-refractivity contribution is 5.90. The molecule has 0 fully saturated rings. The predicted molar refractivity (Wildman–Crippen MR) is 98.9 cm³/mol. The fourth-order valence-corrected chi connectivity index (χ4v) is 1.51. The van der Waals surface area contributed by atoms with Crippen LogP contribution < -0.4 is 16.1 Å². The number of hydrogen-bond donors (Lipinski definition) is 4. The van der Waals surface area contributed by atoms with Gasteiger partial charge in [0.05, 0.1) is 13.0 Å². The summed E-state index contributed by atoms with van der Waals surface area (Å²) in [6, 6.07) is 8.95. The lowest BCUT2D eigenvalue weighted by Gasteiger charge is -2.10. The van der Waals surface area contributed by atoms with E-state index in [4.69, 9.17) is 5.21 Å². The molecule has 26 heavy (non-hydrogen) atoms. The first-order valence-electron chi connectivity index (χ1n) is 8.27. The van der Waals surface area contributed by atoms with Crippen LogP contribution in [-0.2, 0) is 14.4 Å². The van der Waals surface area contributed by atoms with Crippen LogP contribution in [0.2, 0.25) is 0 Å². The number of carbonyl (C=O) groups excluding carboxylic acids is 3. The number of amides is 3. The molecule has 3 amide bonds. The molecule has 0 spiro atoms. The molecule has 0 aliphatic carbocycles. The van der Waals surface area contributed by atoms with E-state index in [1.807, 2.05) is 6.07 Å². The van der Waals surface area contributed by atoms with E-state index in [9.17, 15) is 14.4 Å². The molecule has 0 aliphatic heterocycles. The molecule has 1 unspecified atom stereocenters. The molecule has 7 heteroatoms. The molecule has 0 radical (unpaired) electrons. The lowest BCUT2D eigenvalue weighted by Crippen LogP contribution is -2.39. The van der Waals surface area contributed by atoms with Gasteiger partial charge in [0.15, 0.2) is 0 Å². The summed E-state index contributed by atoms with van der Waals surface area (Å²) in [6.45, 7) is 6.29. The van der Waals surface area contributed by atoms with Crippen molar-refractivity contribution in [1.29, 1.82) is 0 Å².